The summed E-state index contributed by atoms with van der Waals surface area (Å²) in [5.74, 6) is -0.965. The molecular formula is C25H22BrF2N3O3. The minimum absolute atomic E-state index is 0.0954. The summed E-state index contributed by atoms with van der Waals surface area (Å²) in [5, 5.41) is 2.78. The maximum Gasteiger partial charge on any atom is 0.277 e. The Hall–Kier alpha value is -3.74. The van der Waals surface area contributed by atoms with Crippen molar-refractivity contribution in [2.24, 2.45) is 5.73 Å². The number of hydrogen-bond donors (Lipinski definition) is 3. The van der Waals surface area contributed by atoms with Crippen molar-refractivity contribution >= 4 is 39.1 Å². The van der Waals surface area contributed by atoms with E-state index >= 15 is 0 Å². The van der Waals surface area contributed by atoms with Crippen molar-refractivity contribution in [3.05, 3.63) is 93.5 Å². The lowest BCUT2D eigenvalue weighted by Crippen LogP contribution is -2.25. The molecule has 0 bridgehead atoms. The van der Waals surface area contributed by atoms with Crippen LogP contribution in [0.5, 0.6) is 0 Å². The molecule has 0 spiro atoms. The second-order valence-corrected chi connectivity index (χ2v) is 7.75. The summed E-state index contributed by atoms with van der Waals surface area (Å²) >= 11 is 3.33. The molecule has 0 unspecified atom stereocenters. The van der Waals surface area contributed by atoms with Gasteiger partial charge in [0.1, 0.15) is 0 Å². The number of aryl methyl sites for hydroxylation is 1. The predicted octanol–water partition coefficient (Wildman–Crippen LogP) is 5.25. The number of amides is 2. The van der Waals surface area contributed by atoms with Gasteiger partial charge in [-0.05, 0) is 55.0 Å². The third-order valence-electron chi connectivity index (χ3n) is 4.36. The third-order valence-corrected chi connectivity index (χ3v) is 4.85. The van der Waals surface area contributed by atoms with Crippen LogP contribution >= 0.6 is 15.9 Å². The summed E-state index contributed by atoms with van der Waals surface area (Å²) in [6, 6.07) is 16.1. The zero-order valence-electron chi connectivity index (χ0n) is 18.2. The number of benzene rings is 3. The summed E-state index contributed by atoms with van der Waals surface area (Å²) in [6.07, 6.45) is 5.39. The fourth-order valence-electron chi connectivity index (χ4n) is 2.65. The molecule has 3 rings (SSSR count). The van der Waals surface area contributed by atoms with E-state index in [1.54, 1.807) is 43.3 Å². The molecule has 0 saturated heterocycles. The van der Waals surface area contributed by atoms with E-state index in [-0.39, 0.29) is 23.8 Å². The Kier molecular flexibility index (Phi) is 10.2. The normalized spacial score (nSPS) is 9.85. The number of primary amides is 1. The Morgan fingerprint density at radius 1 is 1.12 bits per heavy atom. The Labute approximate surface area is 204 Å². The summed E-state index contributed by atoms with van der Waals surface area (Å²) in [6.45, 7) is 1.91. The van der Waals surface area contributed by atoms with Crippen LogP contribution in [0.3, 0.4) is 0 Å². The number of nitrogens with two attached hydrogens (primary N) is 1. The minimum atomic E-state index is -1.15. The van der Waals surface area contributed by atoms with Crippen LogP contribution in [-0.4, -0.2) is 18.4 Å². The Balaban J connectivity index is 0.000000379. The van der Waals surface area contributed by atoms with Crippen LogP contribution in [-0.2, 0) is 4.84 Å². The second-order valence-electron chi connectivity index (χ2n) is 6.83. The molecule has 176 valence electrons. The number of carbonyl (C=O) groups excluding carboxylic acids is 2. The van der Waals surface area contributed by atoms with Gasteiger partial charge in [-0.2, -0.15) is 0 Å². The molecule has 0 aromatic heterocycles. The van der Waals surface area contributed by atoms with Crippen LogP contribution in [0.2, 0.25) is 0 Å². The van der Waals surface area contributed by atoms with E-state index in [2.05, 4.69) is 32.6 Å². The van der Waals surface area contributed by atoms with Crippen LogP contribution in [0.4, 0.5) is 20.2 Å². The maximum absolute atomic E-state index is 14.3. The van der Waals surface area contributed by atoms with Crippen LogP contribution in [0.1, 0.15) is 32.7 Å². The van der Waals surface area contributed by atoms with Crippen molar-refractivity contribution in [2.75, 3.05) is 11.9 Å². The number of hydrogen-bond acceptors (Lipinski definition) is 4. The first-order valence-corrected chi connectivity index (χ1v) is 10.8. The van der Waals surface area contributed by atoms with E-state index < -0.39 is 17.5 Å². The van der Waals surface area contributed by atoms with Crippen LogP contribution in [0.15, 0.2) is 65.1 Å². The van der Waals surface area contributed by atoms with Crippen molar-refractivity contribution in [1.29, 1.82) is 0 Å². The van der Waals surface area contributed by atoms with Gasteiger partial charge >= 0.3 is 0 Å². The SMILES string of the molecule is C#CCCONC(=O)c1ccc(F)c(F)c1Nc1ccc(Br)cc1C.NC(=O)c1ccccc1. The van der Waals surface area contributed by atoms with Crippen molar-refractivity contribution in [1.82, 2.24) is 5.48 Å². The van der Waals surface area contributed by atoms with Gasteiger partial charge in [0.25, 0.3) is 5.91 Å². The van der Waals surface area contributed by atoms with E-state index in [1.165, 1.54) is 6.07 Å². The van der Waals surface area contributed by atoms with Crippen molar-refractivity contribution in [2.45, 2.75) is 13.3 Å². The predicted molar refractivity (Wildman–Crippen MR) is 130 cm³/mol. The molecule has 0 saturated carbocycles. The number of nitrogens with one attached hydrogen (secondary N) is 2. The molecule has 2 amide bonds. The van der Waals surface area contributed by atoms with Crippen LogP contribution < -0.4 is 16.5 Å². The van der Waals surface area contributed by atoms with Gasteiger partial charge in [-0.25, -0.2) is 14.3 Å². The zero-order valence-corrected chi connectivity index (χ0v) is 19.8. The first-order valence-electron chi connectivity index (χ1n) is 9.96. The first kappa shape index (κ1) is 26.5. The summed E-state index contributed by atoms with van der Waals surface area (Å²) in [7, 11) is 0. The molecule has 3 aromatic carbocycles. The quantitative estimate of drug-likeness (QED) is 0.221. The maximum atomic E-state index is 14.3. The Morgan fingerprint density at radius 2 is 1.82 bits per heavy atom. The molecule has 0 aliphatic heterocycles. The van der Waals surface area contributed by atoms with Gasteiger partial charge in [-0.1, -0.05) is 34.1 Å². The molecule has 3 aromatic rings. The van der Waals surface area contributed by atoms with Gasteiger partial charge < -0.3 is 11.1 Å². The molecule has 0 radical (unpaired) electrons. The number of carbonyl (C=O) groups is 2. The summed E-state index contributed by atoms with van der Waals surface area (Å²) in [4.78, 5) is 27.5. The van der Waals surface area contributed by atoms with Gasteiger partial charge in [0.15, 0.2) is 11.6 Å². The molecule has 9 heteroatoms. The largest absolute Gasteiger partial charge is 0.366 e. The fourth-order valence-corrected chi connectivity index (χ4v) is 3.12. The van der Waals surface area contributed by atoms with Crippen LogP contribution in [0.25, 0.3) is 0 Å². The van der Waals surface area contributed by atoms with Crippen LogP contribution in [0, 0.1) is 30.9 Å². The highest BCUT2D eigenvalue weighted by Gasteiger charge is 2.19. The minimum Gasteiger partial charge on any atom is -0.366 e. The first-order chi connectivity index (χ1) is 16.2. The molecule has 6 nitrogen and oxygen atoms in total. The van der Waals surface area contributed by atoms with Crippen molar-refractivity contribution in [3.8, 4) is 12.3 Å². The van der Waals surface area contributed by atoms with E-state index in [4.69, 9.17) is 17.0 Å². The Morgan fingerprint density at radius 3 is 2.41 bits per heavy atom. The lowest BCUT2D eigenvalue weighted by atomic mass is 10.1. The van der Waals surface area contributed by atoms with Gasteiger partial charge in [0.05, 0.1) is 17.9 Å². The van der Waals surface area contributed by atoms with Gasteiger partial charge in [0.2, 0.25) is 5.91 Å². The highest BCUT2D eigenvalue weighted by atomic mass is 79.9. The molecule has 4 N–H and O–H groups in total. The standard InChI is InChI=1S/C18H15BrF2N2O2.C7H7NO/c1-3-4-9-25-23-18(24)13-6-7-14(20)16(21)17(13)22-15-8-5-12(19)10-11(15)2;8-7(9)6-4-2-1-3-5-6/h1,5-8,10,22H,4,9H2,2H3,(H,23,24);1-5H,(H2,8,9). The highest BCUT2D eigenvalue weighted by Crippen LogP contribution is 2.29. The molecule has 0 aliphatic carbocycles. The topological polar surface area (TPSA) is 93.4 Å². The monoisotopic (exact) mass is 529 g/mol. The average Bonchev–Trinajstić information content (AvgIpc) is 2.82. The fraction of sp³-hybridized carbons (Fsp3) is 0.120. The van der Waals surface area contributed by atoms with Gasteiger partial charge in [0, 0.05) is 22.1 Å². The molecule has 0 fully saturated rings. The lowest BCUT2D eigenvalue weighted by Gasteiger charge is -2.15. The second kappa shape index (κ2) is 13.1. The molecular weight excluding hydrogens is 508 g/mol. The third kappa shape index (κ3) is 7.69. The zero-order chi connectivity index (χ0) is 25.1. The molecule has 0 heterocycles. The number of halogens is 3. The summed E-state index contributed by atoms with van der Waals surface area (Å²) < 4.78 is 28.7. The number of hydroxylamine groups is 1. The number of terminal acetylenes is 1. The van der Waals surface area contributed by atoms with E-state index in [9.17, 15) is 18.4 Å². The van der Waals surface area contributed by atoms with E-state index in [0.717, 1.165) is 16.1 Å². The van der Waals surface area contributed by atoms with Gasteiger partial charge in [-0.3, -0.25) is 14.4 Å². The summed E-state index contributed by atoms with van der Waals surface area (Å²) in [5.41, 5.74) is 8.64. The molecule has 0 aliphatic rings. The average molecular weight is 530 g/mol. The van der Waals surface area contributed by atoms with Crippen molar-refractivity contribution < 1.29 is 23.2 Å². The lowest BCUT2D eigenvalue weighted by molar-refractivity contribution is 0.0335. The van der Waals surface area contributed by atoms with E-state index in [1.807, 2.05) is 12.1 Å². The van der Waals surface area contributed by atoms with E-state index in [0.29, 0.717) is 17.7 Å². The Bertz CT molecular complexity index is 1200. The highest BCUT2D eigenvalue weighted by molar-refractivity contribution is 9.10. The number of anilines is 2. The van der Waals surface area contributed by atoms with Crippen molar-refractivity contribution in [3.63, 3.8) is 0 Å². The molecule has 0 atom stereocenters. The van der Waals surface area contributed by atoms with Gasteiger partial charge in [-0.15, -0.1) is 12.3 Å². The molecule has 34 heavy (non-hydrogen) atoms. The number of rotatable bonds is 7. The smallest absolute Gasteiger partial charge is 0.277 e.